The number of fused-ring (bicyclic) bond motifs is 3. The van der Waals surface area contributed by atoms with E-state index in [1.807, 2.05) is 13.1 Å². The SMILES string of the molecule is CNC(=O)C(CCC=O)N(C=O)Cc1c(C)ccc2c1OCC21CCN(Cc2cccc3[nH]ccc23)CC1. The quantitative estimate of drug-likeness (QED) is 0.403. The minimum Gasteiger partial charge on any atom is -0.492 e. The van der Waals surface area contributed by atoms with Gasteiger partial charge in [0.05, 0.1) is 13.2 Å². The maximum atomic E-state index is 12.5. The summed E-state index contributed by atoms with van der Waals surface area (Å²) in [5.74, 6) is 0.581. The number of aldehydes is 1. The standard InChI is InChI=1S/C30H36N4O4/c1-21-8-9-25-28(24(21)18-34(20-36)27(7-4-16-35)29(37)31-2)38-19-30(25)11-14-33(15-12-30)17-22-5-3-6-26-23(22)10-13-32-26/h3,5-6,8-10,13,16,20,27,32H,4,7,11-12,14-15,17-19H2,1-2H3,(H,31,37). The molecular weight excluding hydrogens is 480 g/mol. The predicted octanol–water partition coefficient (Wildman–Crippen LogP) is 3.45. The summed E-state index contributed by atoms with van der Waals surface area (Å²) in [4.78, 5) is 42.9. The molecule has 3 aromatic rings. The third-order valence-corrected chi connectivity index (χ3v) is 8.43. The molecule has 0 bridgehead atoms. The molecule has 2 aromatic carbocycles. The lowest BCUT2D eigenvalue weighted by molar-refractivity contribution is -0.133. The highest BCUT2D eigenvalue weighted by molar-refractivity contribution is 5.84. The van der Waals surface area contributed by atoms with Crippen LogP contribution in [0.4, 0.5) is 0 Å². The van der Waals surface area contributed by atoms with Crippen LogP contribution in [0, 0.1) is 6.92 Å². The third-order valence-electron chi connectivity index (χ3n) is 8.43. The number of carbonyl (C=O) groups is 3. The van der Waals surface area contributed by atoms with Gasteiger partial charge in [0.15, 0.2) is 0 Å². The van der Waals surface area contributed by atoms with Gasteiger partial charge in [-0.05, 0) is 62.5 Å². The van der Waals surface area contributed by atoms with E-state index >= 15 is 0 Å². The van der Waals surface area contributed by atoms with Crippen molar-refractivity contribution in [2.75, 3.05) is 26.7 Å². The number of aromatic amines is 1. The largest absolute Gasteiger partial charge is 0.492 e. The average molecular weight is 517 g/mol. The van der Waals surface area contributed by atoms with Gasteiger partial charge in [-0.25, -0.2) is 0 Å². The Balaban J connectivity index is 1.33. The molecular formula is C30H36N4O4. The number of likely N-dealkylation sites (tertiary alicyclic amines) is 1. The number of nitrogens with zero attached hydrogens (tertiary/aromatic N) is 2. The summed E-state index contributed by atoms with van der Waals surface area (Å²) in [5, 5.41) is 3.91. The van der Waals surface area contributed by atoms with Crippen LogP contribution < -0.4 is 10.1 Å². The number of amides is 2. The Bertz CT molecular complexity index is 1330. The first-order chi connectivity index (χ1) is 18.5. The highest BCUT2D eigenvalue weighted by Gasteiger charge is 2.44. The fourth-order valence-corrected chi connectivity index (χ4v) is 6.12. The number of benzene rings is 2. The van der Waals surface area contributed by atoms with Crippen LogP contribution in [0.25, 0.3) is 10.9 Å². The number of carbonyl (C=O) groups excluding carboxylic acids is 3. The zero-order chi connectivity index (χ0) is 26.7. The summed E-state index contributed by atoms with van der Waals surface area (Å²) in [6.45, 7) is 5.80. The number of piperidine rings is 1. The molecule has 0 aliphatic carbocycles. The summed E-state index contributed by atoms with van der Waals surface area (Å²) in [6, 6.07) is 12.2. The first kappa shape index (κ1) is 26.0. The van der Waals surface area contributed by atoms with Crippen LogP contribution in [0.15, 0.2) is 42.6 Å². The van der Waals surface area contributed by atoms with Gasteiger partial charge in [0.2, 0.25) is 12.3 Å². The number of rotatable bonds is 10. The molecule has 2 N–H and O–H groups in total. The molecule has 8 heteroatoms. The van der Waals surface area contributed by atoms with Gasteiger partial charge in [0, 0.05) is 53.7 Å². The first-order valence-corrected chi connectivity index (χ1v) is 13.4. The lowest BCUT2D eigenvalue weighted by atomic mass is 9.73. The topological polar surface area (TPSA) is 94.7 Å². The van der Waals surface area contributed by atoms with Gasteiger partial charge in [-0.15, -0.1) is 0 Å². The van der Waals surface area contributed by atoms with Gasteiger partial charge < -0.3 is 24.7 Å². The first-order valence-electron chi connectivity index (χ1n) is 13.4. The molecule has 1 unspecified atom stereocenters. The minimum absolute atomic E-state index is 0.0436. The monoisotopic (exact) mass is 516 g/mol. The van der Waals surface area contributed by atoms with E-state index in [0.717, 1.165) is 55.6 Å². The van der Waals surface area contributed by atoms with Crippen molar-refractivity contribution in [1.82, 2.24) is 20.1 Å². The Hall–Kier alpha value is -3.65. The van der Waals surface area contributed by atoms with E-state index in [1.54, 1.807) is 7.05 Å². The molecule has 2 aliphatic heterocycles. The fraction of sp³-hybridized carbons (Fsp3) is 0.433. The number of hydrogen-bond donors (Lipinski definition) is 2. The van der Waals surface area contributed by atoms with Crippen molar-refractivity contribution in [2.24, 2.45) is 0 Å². The van der Waals surface area contributed by atoms with Crippen LogP contribution >= 0.6 is 0 Å². The maximum Gasteiger partial charge on any atom is 0.242 e. The highest BCUT2D eigenvalue weighted by Crippen LogP contribution is 2.48. The molecule has 2 amide bonds. The van der Waals surface area contributed by atoms with E-state index in [-0.39, 0.29) is 30.7 Å². The molecule has 1 fully saturated rings. The Morgan fingerprint density at radius 1 is 1.21 bits per heavy atom. The van der Waals surface area contributed by atoms with E-state index in [4.69, 9.17) is 4.74 Å². The van der Waals surface area contributed by atoms with Crippen LogP contribution in [0.1, 0.15) is 47.9 Å². The summed E-state index contributed by atoms with van der Waals surface area (Å²) < 4.78 is 6.38. The van der Waals surface area contributed by atoms with Crippen molar-refractivity contribution >= 4 is 29.5 Å². The Morgan fingerprint density at radius 3 is 2.76 bits per heavy atom. The second-order valence-electron chi connectivity index (χ2n) is 10.6. The van der Waals surface area contributed by atoms with E-state index in [9.17, 15) is 14.4 Å². The van der Waals surface area contributed by atoms with Crippen LogP contribution in [-0.4, -0.2) is 66.2 Å². The second-order valence-corrected chi connectivity index (χ2v) is 10.6. The molecule has 0 radical (unpaired) electrons. The zero-order valence-corrected chi connectivity index (χ0v) is 22.2. The van der Waals surface area contributed by atoms with Gasteiger partial charge in [0.1, 0.15) is 18.1 Å². The second kappa shape index (κ2) is 11.0. The molecule has 5 rings (SSSR count). The molecule has 1 aromatic heterocycles. The average Bonchev–Trinajstić information content (AvgIpc) is 3.56. The molecule has 0 saturated carbocycles. The molecule has 38 heavy (non-hydrogen) atoms. The zero-order valence-electron chi connectivity index (χ0n) is 22.2. The summed E-state index contributed by atoms with van der Waals surface area (Å²) in [6.07, 6.45) is 5.99. The number of H-pyrrole nitrogens is 1. The number of ether oxygens (including phenoxy) is 1. The molecule has 3 heterocycles. The third kappa shape index (κ3) is 4.80. The lowest BCUT2D eigenvalue weighted by Crippen LogP contribution is -2.45. The Kier molecular flexibility index (Phi) is 7.51. The van der Waals surface area contributed by atoms with Gasteiger partial charge in [0.25, 0.3) is 0 Å². The molecule has 1 saturated heterocycles. The van der Waals surface area contributed by atoms with E-state index in [2.05, 4.69) is 51.6 Å². The van der Waals surface area contributed by atoms with E-state index in [1.165, 1.54) is 26.9 Å². The van der Waals surface area contributed by atoms with E-state index < -0.39 is 6.04 Å². The van der Waals surface area contributed by atoms with Gasteiger partial charge in [-0.2, -0.15) is 0 Å². The number of aryl methyl sites for hydroxylation is 1. The van der Waals surface area contributed by atoms with Crippen molar-refractivity contribution in [3.63, 3.8) is 0 Å². The van der Waals surface area contributed by atoms with Crippen LogP contribution in [0.5, 0.6) is 5.75 Å². The molecule has 2 aliphatic rings. The summed E-state index contributed by atoms with van der Waals surface area (Å²) in [5.41, 5.74) is 5.64. The van der Waals surface area contributed by atoms with Crippen molar-refractivity contribution in [1.29, 1.82) is 0 Å². The molecule has 200 valence electrons. The van der Waals surface area contributed by atoms with Gasteiger partial charge in [-0.3, -0.25) is 14.5 Å². The smallest absolute Gasteiger partial charge is 0.242 e. The Labute approximate surface area is 223 Å². The van der Waals surface area contributed by atoms with Crippen LogP contribution in [0.3, 0.4) is 0 Å². The summed E-state index contributed by atoms with van der Waals surface area (Å²) in [7, 11) is 1.54. The van der Waals surface area contributed by atoms with Crippen molar-refractivity contribution in [3.05, 3.63) is 64.8 Å². The Morgan fingerprint density at radius 2 is 2.03 bits per heavy atom. The maximum absolute atomic E-state index is 12.5. The number of aromatic nitrogens is 1. The molecule has 1 atom stereocenters. The fourth-order valence-electron chi connectivity index (χ4n) is 6.12. The predicted molar refractivity (Wildman–Crippen MR) is 146 cm³/mol. The van der Waals surface area contributed by atoms with Crippen molar-refractivity contribution < 1.29 is 19.1 Å². The number of nitrogens with one attached hydrogen (secondary N) is 2. The van der Waals surface area contributed by atoms with Crippen molar-refractivity contribution in [2.45, 2.75) is 57.2 Å². The number of likely N-dealkylation sites (N-methyl/N-ethyl adjacent to an activating group) is 1. The normalized spacial score (nSPS) is 17.1. The van der Waals surface area contributed by atoms with E-state index in [0.29, 0.717) is 13.0 Å². The number of hydrogen-bond acceptors (Lipinski definition) is 5. The lowest BCUT2D eigenvalue weighted by Gasteiger charge is -2.38. The highest BCUT2D eigenvalue weighted by atomic mass is 16.5. The van der Waals surface area contributed by atoms with Crippen LogP contribution in [0.2, 0.25) is 0 Å². The van der Waals surface area contributed by atoms with Crippen molar-refractivity contribution in [3.8, 4) is 5.75 Å². The van der Waals surface area contributed by atoms with Gasteiger partial charge in [-0.1, -0.05) is 24.3 Å². The minimum atomic E-state index is -0.707. The van der Waals surface area contributed by atoms with Gasteiger partial charge >= 0.3 is 0 Å². The molecule has 1 spiro atoms. The summed E-state index contributed by atoms with van der Waals surface area (Å²) >= 11 is 0. The van der Waals surface area contributed by atoms with Crippen LogP contribution in [-0.2, 0) is 32.9 Å². The molecule has 8 nitrogen and oxygen atoms in total.